The van der Waals surface area contributed by atoms with Gasteiger partial charge in [-0.25, -0.2) is 0 Å². The van der Waals surface area contributed by atoms with Crippen molar-refractivity contribution in [3.05, 3.63) is 0 Å². The lowest BCUT2D eigenvalue weighted by Crippen LogP contribution is -2.47. The molecular formula is C10H19ClN2O2S. The first-order valence-electron chi connectivity index (χ1n) is 6.01. The van der Waals surface area contributed by atoms with Crippen LogP contribution in [0.5, 0.6) is 0 Å². The van der Waals surface area contributed by atoms with Gasteiger partial charge in [0.1, 0.15) is 0 Å². The van der Waals surface area contributed by atoms with Gasteiger partial charge in [-0.15, -0.1) is 0 Å². The normalized spacial score (nSPS) is 27.1. The number of nitrogens with zero attached hydrogens (tertiary/aromatic N) is 2. The van der Waals surface area contributed by atoms with Gasteiger partial charge in [-0.1, -0.05) is 6.42 Å². The minimum absolute atomic E-state index is 0.565. The quantitative estimate of drug-likeness (QED) is 0.710. The Labute approximate surface area is 102 Å². The van der Waals surface area contributed by atoms with Crippen molar-refractivity contribution in [2.45, 2.75) is 38.1 Å². The Hall–Kier alpha value is 0.160. The Balaban J connectivity index is 1.85. The highest BCUT2D eigenvalue weighted by Gasteiger charge is 2.29. The first-order chi connectivity index (χ1) is 7.57. The fraction of sp³-hybridized carbons (Fsp3) is 1.00. The minimum atomic E-state index is -3.49. The van der Waals surface area contributed by atoms with Gasteiger partial charge in [-0.3, -0.25) is 0 Å². The fourth-order valence-electron chi connectivity index (χ4n) is 2.71. The van der Waals surface area contributed by atoms with Crippen LogP contribution < -0.4 is 0 Å². The highest BCUT2D eigenvalue weighted by Crippen LogP contribution is 2.23. The molecule has 0 radical (unpaired) electrons. The predicted molar refractivity (Wildman–Crippen MR) is 64.8 cm³/mol. The van der Waals surface area contributed by atoms with Gasteiger partial charge < -0.3 is 4.90 Å². The molecule has 0 unspecified atom stereocenters. The Morgan fingerprint density at radius 2 is 1.50 bits per heavy atom. The van der Waals surface area contributed by atoms with Crippen LogP contribution in [0.4, 0.5) is 0 Å². The van der Waals surface area contributed by atoms with Gasteiger partial charge in [-0.05, 0) is 38.8 Å². The molecule has 0 bridgehead atoms. The Kier molecular flexibility index (Phi) is 4.11. The molecule has 0 saturated carbocycles. The van der Waals surface area contributed by atoms with Crippen LogP contribution in [0.15, 0.2) is 0 Å². The van der Waals surface area contributed by atoms with Gasteiger partial charge >= 0.3 is 0 Å². The van der Waals surface area contributed by atoms with Gasteiger partial charge in [0.2, 0.25) is 0 Å². The molecule has 2 aliphatic heterocycles. The molecule has 16 heavy (non-hydrogen) atoms. The lowest BCUT2D eigenvalue weighted by molar-refractivity contribution is 0.118. The third kappa shape index (κ3) is 3.09. The number of hydrogen-bond acceptors (Lipinski definition) is 3. The molecule has 2 saturated heterocycles. The molecule has 6 heteroatoms. The molecular weight excluding hydrogens is 248 g/mol. The van der Waals surface area contributed by atoms with Crippen molar-refractivity contribution in [1.82, 2.24) is 9.21 Å². The Bertz CT molecular complexity index is 320. The third-order valence-electron chi connectivity index (χ3n) is 3.64. The Morgan fingerprint density at radius 1 is 0.938 bits per heavy atom. The van der Waals surface area contributed by atoms with E-state index in [0.717, 1.165) is 12.8 Å². The van der Waals surface area contributed by atoms with Crippen molar-refractivity contribution in [1.29, 1.82) is 0 Å². The zero-order valence-corrected chi connectivity index (χ0v) is 11.0. The summed E-state index contributed by atoms with van der Waals surface area (Å²) in [5.41, 5.74) is 0. The van der Waals surface area contributed by atoms with Crippen LogP contribution in [0, 0.1) is 0 Å². The van der Waals surface area contributed by atoms with Crippen LogP contribution in [0.25, 0.3) is 0 Å². The molecule has 94 valence electrons. The molecule has 0 atom stereocenters. The summed E-state index contributed by atoms with van der Waals surface area (Å²) in [5.74, 6) is 0. The van der Waals surface area contributed by atoms with Crippen molar-refractivity contribution in [3.63, 3.8) is 0 Å². The van der Waals surface area contributed by atoms with Crippen molar-refractivity contribution in [2.75, 3.05) is 26.2 Å². The number of piperidine rings is 2. The molecule has 2 rings (SSSR count). The topological polar surface area (TPSA) is 40.6 Å². The van der Waals surface area contributed by atoms with Crippen LogP contribution in [-0.2, 0) is 9.24 Å². The van der Waals surface area contributed by atoms with E-state index >= 15 is 0 Å². The summed E-state index contributed by atoms with van der Waals surface area (Å²) < 4.78 is 23.7. The number of rotatable bonds is 2. The maximum atomic E-state index is 11.1. The molecule has 0 amide bonds. The van der Waals surface area contributed by atoms with E-state index in [1.54, 1.807) is 0 Å². The van der Waals surface area contributed by atoms with Gasteiger partial charge in [0.25, 0.3) is 9.24 Å². The minimum Gasteiger partial charge on any atom is -0.300 e. The van der Waals surface area contributed by atoms with E-state index in [0.29, 0.717) is 19.1 Å². The number of halogens is 1. The molecule has 0 aliphatic carbocycles. The molecule has 0 aromatic carbocycles. The second-order valence-corrected chi connectivity index (χ2v) is 7.18. The zero-order chi connectivity index (χ0) is 11.6. The van der Waals surface area contributed by atoms with Gasteiger partial charge in [0, 0.05) is 29.8 Å². The second kappa shape index (κ2) is 5.21. The van der Waals surface area contributed by atoms with Crippen LogP contribution in [0.2, 0.25) is 0 Å². The summed E-state index contributed by atoms with van der Waals surface area (Å²) in [5, 5.41) is 0. The highest BCUT2D eigenvalue weighted by molar-refractivity contribution is 8.11. The second-order valence-electron chi connectivity index (χ2n) is 4.67. The summed E-state index contributed by atoms with van der Waals surface area (Å²) in [6.07, 6.45) is 5.76. The van der Waals surface area contributed by atoms with Crippen LogP contribution in [0.3, 0.4) is 0 Å². The van der Waals surface area contributed by atoms with E-state index in [9.17, 15) is 8.42 Å². The third-order valence-corrected chi connectivity index (χ3v) is 5.21. The molecule has 0 aromatic heterocycles. The summed E-state index contributed by atoms with van der Waals surface area (Å²) in [6, 6.07) is 0.565. The smallest absolute Gasteiger partial charge is 0.299 e. The molecule has 2 fully saturated rings. The summed E-state index contributed by atoms with van der Waals surface area (Å²) in [7, 11) is 1.84. The maximum Gasteiger partial charge on any atom is 0.299 e. The molecule has 0 aromatic rings. The predicted octanol–water partition coefficient (Wildman–Crippen LogP) is 1.42. The average Bonchev–Trinajstić information content (AvgIpc) is 2.29. The number of likely N-dealkylation sites (tertiary alicyclic amines) is 1. The van der Waals surface area contributed by atoms with E-state index in [1.165, 1.54) is 36.7 Å². The van der Waals surface area contributed by atoms with Crippen molar-refractivity contribution in [3.8, 4) is 0 Å². The maximum absolute atomic E-state index is 11.1. The van der Waals surface area contributed by atoms with E-state index in [-0.39, 0.29) is 0 Å². The Morgan fingerprint density at radius 3 is 2.00 bits per heavy atom. The number of hydrogen-bond donors (Lipinski definition) is 0. The van der Waals surface area contributed by atoms with Crippen LogP contribution >= 0.6 is 10.7 Å². The van der Waals surface area contributed by atoms with Gasteiger partial charge in [-0.2, -0.15) is 12.7 Å². The van der Waals surface area contributed by atoms with E-state index in [4.69, 9.17) is 10.7 Å². The SMILES string of the molecule is O=S(=O)(Cl)N1CCC(N2CCCCC2)CC1. The summed E-state index contributed by atoms with van der Waals surface area (Å²) in [4.78, 5) is 2.52. The first-order valence-corrected chi connectivity index (χ1v) is 8.28. The van der Waals surface area contributed by atoms with Crippen molar-refractivity contribution in [2.24, 2.45) is 0 Å². The van der Waals surface area contributed by atoms with Crippen LogP contribution in [0.1, 0.15) is 32.1 Å². The molecule has 2 aliphatic rings. The highest BCUT2D eigenvalue weighted by atomic mass is 35.7. The molecule has 0 N–H and O–H groups in total. The van der Waals surface area contributed by atoms with E-state index in [1.807, 2.05) is 0 Å². The van der Waals surface area contributed by atoms with Gasteiger partial charge in [0.15, 0.2) is 0 Å². The molecule has 4 nitrogen and oxygen atoms in total. The fourth-order valence-corrected chi connectivity index (χ4v) is 3.77. The van der Waals surface area contributed by atoms with E-state index < -0.39 is 9.24 Å². The largest absolute Gasteiger partial charge is 0.300 e. The van der Waals surface area contributed by atoms with Gasteiger partial charge in [0.05, 0.1) is 0 Å². The van der Waals surface area contributed by atoms with Crippen LogP contribution in [-0.4, -0.2) is 49.8 Å². The van der Waals surface area contributed by atoms with E-state index in [2.05, 4.69) is 4.90 Å². The first kappa shape index (κ1) is 12.6. The zero-order valence-electron chi connectivity index (χ0n) is 9.44. The standard InChI is InChI=1S/C10H19ClN2O2S/c11-16(14,15)13-8-4-10(5-9-13)12-6-2-1-3-7-12/h10H,1-9H2. The summed E-state index contributed by atoms with van der Waals surface area (Å²) >= 11 is 0. The lowest BCUT2D eigenvalue weighted by atomic mass is 10.0. The monoisotopic (exact) mass is 266 g/mol. The molecule has 2 heterocycles. The molecule has 0 spiro atoms. The van der Waals surface area contributed by atoms with Crippen molar-refractivity contribution >= 4 is 19.9 Å². The lowest BCUT2D eigenvalue weighted by Gasteiger charge is -2.39. The average molecular weight is 267 g/mol. The van der Waals surface area contributed by atoms with Crippen molar-refractivity contribution < 1.29 is 8.42 Å². The summed E-state index contributed by atoms with van der Waals surface area (Å²) in [6.45, 7) is 3.51.